The number of carbonyl (C=O) groups excluding carboxylic acids is 1. The molecule has 0 aliphatic heterocycles. The molecule has 2 rings (SSSR count). The second-order valence-electron chi connectivity index (χ2n) is 4.53. The van der Waals surface area contributed by atoms with Crippen LogP contribution in [0, 0.1) is 10.1 Å². The smallest absolute Gasteiger partial charge is 0.338 e. The molecular formula is C15H13NO7S. The Bertz CT molecular complexity index is 817. The Morgan fingerprint density at radius 1 is 1.00 bits per heavy atom. The van der Waals surface area contributed by atoms with Crippen LogP contribution in [-0.4, -0.2) is 32.5 Å². The molecule has 0 aliphatic rings. The number of hydrogen-bond donors (Lipinski definition) is 0. The van der Waals surface area contributed by atoms with Crippen molar-refractivity contribution in [1.29, 1.82) is 0 Å². The predicted octanol–water partition coefficient (Wildman–Crippen LogP) is 2.16. The molecule has 2 aromatic carbocycles. The van der Waals surface area contributed by atoms with E-state index in [2.05, 4.69) is 0 Å². The van der Waals surface area contributed by atoms with Gasteiger partial charge in [0.2, 0.25) is 0 Å². The first-order valence-corrected chi connectivity index (χ1v) is 8.17. The highest BCUT2D eigenvalue weighted by Gasteiger charge is 2.17. The van der Waals surface area contributed by atoms with E-state index in [4.69, 9.17) is 8.92 Å². The zero-order chi connectivity index (χ0) is 17.6. The zero-order valence-electron chi connectivity index (χ0n) is 12.3. The van der Waals surface area contributed by atoms with Gasteiger partial charge in [-0.05, 0) is 24.3 Å². The number of benzene rings is 2. The van der Waals surface area contributed by atoms with Gasteiger partial charge < -0.3 is 4.74 Å². The number of non-ortho nitro benzene ring substituents is 1. The number of esters is 1. The Kier molecular flexibility index (Phi) is 5.61. The standard InChI is InChI=1S/C15H13NO7S/c17-15(12-4-2-1-3-5-12)22-10-11-23-24(20,21)14-8-6-13(7-9-14)16(18)19/h1-9H,10-11H2. The Balaban J connectivity index is 1.86. The summed E-state index contributed by atoms with van der Waals surface area (Å²) < 4.78 is 33.4. The maximum Gasteiger partial charge on any atom is 0.338 e. The maximum absolute atomic E-state index is 11.9. The van der Waals surface area contributed by atoms with Crippen molar-refractivity contribution in [1.82, 2.24) is 0 Å². The van der Waals surface area contributed by atoms with Crippen LogP contribution >= 0.6 is 0 Å². The summed E-state index contributed by atoms with van der Waals surface area (Å²) in [5.74, 6) is -0.591. The SMILES string of the molecule is O=C(OCCOS(=O)(=O)c1ccc([N+](=O)[O-])cc1)c1ccccc1. The van der Waals surface area contributed by atoms with Gasteiger partial charge in [-0.1, -0.05) is 18.2 Å². The molecule has 0 saturated heterocycles. The van der Waals surface area contributed by atoms with Gasteiger partial charge in [-0.2, -0.15) is 8.42 Å². The largest absolute Gasteiger partial charge is 0.460 e. The van der Waals surface area contributed by atoms with Crippen LogP contribution in [0.1, 0.15) is 10.4 Å². The van der Waals surface area contributed by atoms with Crippen LogP contribution in [0.15, 0.2) is 59.5 Å². The van der Waals surface area contributed by atoms with Crippen molar-refractivity contribution in [2.24, 2.45) is 0 Å². The van der Waals surface area contributed by atoms with E-state index in [1.807, 2.05) is 0 Å². The Labute approximate surface area is 137 Å². The average Bonchev–Trinajstić information content (AvgIpc) is 2.59. The molecule has 0 spiro atoms. The predicted molar refractivity (Wildman–Crippen MR) is 83.0 cm³/mol. The molecule has 126 valence electrons. The number of nitro groups is 1. The summed E-state index contributed by atoms with van der Waals surface area (Å²) in [6, 6.07) is 12.5. The zero-order valence-corrected chi connectivity index (χ0v) is 13.1. The van der Waals surface area contributed by atoms with Gasteiger partial charge in [-0.3, -0.25) is 14.3 Å². The van der Waals surface area contributed by atoms with Gasteiger partial charge in [0.15, 0.2) is 0 Å². The van der Waals surface area contributed by atoms with Gasteiger partial charge in [0.05, 0.1) is 15.4 Å². The summed E-state index contributed by atoms with van der Waals surface area (Å²) in [7, 11) is -4.08. The number of nitrogens with zero attached hydrogens (tertiary/aromatic N) is 1. The highest BCUT2D eigenvalue weighted by Crippen LogP contribution is 2.17. The van der Waals surface area contributed by atoms with Crippen molar-refractivity contribution in [2.45, 2.75) is 4.90 Å². The topological polar surface area (TPSA) is 113 Å². The van der Waals surface area contributed by atoms with Crippen LogP contribution in [0.25, 0.3) is 0 Å². The van der Waals surface area contributed by atoms with Crippen LogP contribution < -0.4 is 0 Å². The lowest BCUT2D eigenvalue weighted by atomic mass is 10.2. The van der Waals surface area contributed by atoms with Crippen LogP contribution in [-0.2, 0) is 19.0 Å². The Morgan fingerprint density at radius 2 is 1.62 bits per heavy atom. The van der Waals surface area contributed by atoms with Gasteiger partial charge in [-0.25, -0.2) is 4.79 Å². The second-order valence-corrected chi connectivity index (χ2v) is 6.14. The van der Waals surface area contributed by atoms with Crippen molar-refractivity contribution in [2.75, 3.05) is 13.2 Å². The highest BCUT2D eigenvalue weighted by atomic mass is 32.2. The fourth-order valence-corrected chi connectivity index (χ4v) is 2.63. The van der Waals surface area contributed by atoms with E-state index in [9.17, 15) is 23.3 Å². The lowest BCUT2D eigenvalue weighted by molar-refractivity contribution is -0.384. The summed E-state index contributed by atoms with van der Waals surface area (Å²) in [6.07, 6.45) is 0. The third-order valence-corrected chi connectivity index (χ3v) is 4.23. The number of carbonyl (C=O) groups is 1. The van der Waals surface area contributed by atoms with Gasteiger partial charge in [0, 0.05) is 12.1 Å². The molecule has 9 heteroatoms. The highest BCUT2D eigenvalue weighted by molar-refractivity contribution is 7.86. The molecule has 0 aromatic heterocycles. The first-order valence-electron chi connectivity index (χ1n) is 6.76. The summed E-state index contributed by atoms with van der Waals surface area (Å²) >= 11 is 0. The Morgan fingerprint density at radius 3 is 2.21 bits per heavy atom. The van der Waals surface area contributed by atoms with Gasteiger partial charge in [-0.15, -0.1) is 0 Å². The molecule has 0 N–H and O–H groups in total. The lowest BCUT2D eigenvalue weighted by Crippen LogP contribution is -2.14. The lowest BCUT2D eigenvalue weighted by Gasteiger charge is -2.07. The van der Waals surface area contributed by atoms with Crippen LogP contribution in [0.2, 0.25) is 0 Å². The number of nitro benzene ring substituents is 1. The van der Waals surface area contributed by atoms with E-state index in [0.29, 0.717) is 5.56 Å². The van der Waals surface area contributed by atoms with E-state index >= 15 is 0 Å². The van der Waals surface area contributed by atoms with E-state index < -0.39 is 21.0 Å². The minimum absolute atomic E-state index is 0.220. The molecule has 0 bridgehead atoms. The van der Waals surface area contributed by atoms with E-state index in [-0.39, 0.29) is 23.8 Å². The molecule has 0 fully saturated rings. The Hall–Kier alpha value is -2.78. The van der Waals surface area contributed by atoms with E-state index in [1.165, 1.54) is 0 Å². The summed E-state index contributed by atoms with van der Waals surface area (Å²) in [5.41, 5.74) is 0.112. The van der Waals surface area contributed by atoms with Crippen LogP contribution in [0.4, 0.5) is 5.69 Å². The van der Waals surface area contributed by atoms with Gasteiger partial charge >= 0.3 is 5.97 Å². The van der Waals surface area contributed by atoms with Crippen molar-refractivity contribution in [3.63, 3.8) is 0 Å². The molecule has 0 unspecified atom stereocenters. The molecule has 0 saturated carbocycles. The third-order valence-electron chi connectivity index (χ3n) is 2.90. The number of rotatable bonds is 7. The molecular weight excluding hydrogens is 338 g/mol. The quantitative estimate of drug-likeness (QED) is 0.247. The van der Waals surface area contributed by atoms with Crippen LogP contribution in [0.5, 0.6) is 0 Å². The molecule has 0 atom stereocenters. The monoisotopic (exact) mass is 351 g/mol. The molecule has 0 radical (unpaired) electrons. The second kappa shape index (κ2) is 7.66. The number of ether oxygens (including phenoxy) is 1. The summed E-state index contributed by atoms with van der Waals surface area (Å²) in [4.78, 5) is 21.3. The van der Waals surface area contributed by atoms with Crippen LogP contribution in [0.3, 0.4) is 0 Å². The average molecular weight is 351 g/mol. The fourth-order valence-electron chi connectivity index (χ4n) is 1.74. The van der Waals surface area contributed by atoms with Crippen molar-refractivity contribution >= 4 is 21.8 Å². The molecule has 8 nitrogen and oxygen atoms in total. The summed E-state index contributed by atoms with van der Waals surface area (Å²) in [6.45, 7) is -0.613. The molecule has 0 amide bonds. The normalized spacial score (nSPS) is 11.0. The van der Waals surface area contributed by atoms with Crippen molar-refractivity contribution < 1.29 is 27.1 Å². The number of hydrogen-bond acceptors (Lipinski definition) is 7. The minimum atomic E-state index is -4.08. The van der Waals surface area contributed by atoms with Crippen molar-refractivity contribution in [3.8, 4) is 0 Å². The summed E-state index contributed by atoms with van der Waals surface area (Å²) in [5, 5.41) is 10.5. The van der Waals surface area contributed by atoms with Gasteiger partial charge in [0.1, 0.15) is 13.2 Å². The van der Waals surface area contributed by atoms with Crippen molar-refractivity contribution in [3.05, 3.63) is 70.3 Å². The maximum atomic E-state index is 11.9. The molecule has 0 aliphatic carbocycles. The third kappa shape index (κ3) is 4.61. The molecule has 2 aromatic rings. The molecule has 24 heavy (non-hydrogen) atoms. The first kappa shape index (κ1) is 17.6. The fraction of sp³-hybridized carbons (Fsp3) is 0.133. The minimum Gasteiger partial charge on any atom is -0.460 e. The molecule has 0 heterocycles. The van der Waals surface area contributed by atoms with Gasteiger partial charge in [0.25, 0.3) is 15.8 Å². The van der Waals surface area contributed by atoms with E-state index in [0.717, 1.165) is 24.3 Å². The van der Waals surface area contributed by atoms with E-state index in [1.54, 1.807) is 30.3 Å². The first-order chi connectivity index (χ1) is 11.4.